The van der Waals surface area contributed by atoms with Crippen LogP contribution in [0.3, 0.4) is 0 Å². The average molecular weight is 327 g/mol. The van der Waals surface area contributed by atoms with Crippen molar-refractivity contribution in [1.29, 1.82) is 0 Å². The van der Waals surface area contributed by atoms with Crippen molar-refractivity contribution in [3.8, 4) is 0 Å². The molecule has 0 bridgehead atoms. The summed E-state index contributed by atoms with van der Waals surface area (Å²) in [6, 6.07) is 6.28. The number of halogens is 1. The van der Waals surface area contributed by atoms with Crippen molar-refractivity contribution in [2.45, 2.75) is 6.92 Å². The van der Waals surface area contributed by atoms with Crippen molar-refractivity contribution in [3.05, 3.63) is 29.3 Å². The molecule has 0 saturated carbocycles. The zero-order valence-corrected chi connectivity index (χ0v) is 12.6. The van der Waals surface area contributed by atoms with Crippen LogP contribution in [0, 0.1) is 0 Å². The minimum atomic E-state index is -0.858. The third-order valence-electron chi connectivity index (χ3n) is 2.73. The number of carbonyl (C=O) groups is 3. The Bertz CT molecular complexity index is 617. The fraction of sp³-hybridized carbons (Fsp3) is 0.231. The largest absolute Gasteiger partial charge is 0.465 e. The van der Waals surface area contributed by atoms with Crippen LogP contribution >= 0.6 is 23.8 Å². The maximum Gasteiger partial charge on any atom is 0.326 e. The number of benzene rings is 1. The van der Waals surface area contributed by atoms with Gasteiger partial charge in [-0.25, -0.2) is 4.90 Å². The predicted octanol–water partition coefficient (Wildman–Crippen LogP) is 1.36. The molecule has 110 valence electrons. The Labute approximate surface area is 131 Å². The molecule has 1 aliphatic heterocycles. The van der Waals surface area contributed by atoms with E-state index in [-0.39, 0.29) is 18.3 Å². The second-order valence-electron chi connectivity index (χ2n) is 4.10. The van der Waals surface area contributed by atoms with Crippen molar-refractivity contribution in [1.82, 2.24) is 4.90 Å². The Morgan fingerprint density at radius 1 is 1.24 bits per heavy atom. The average Bonchev–Trinajstić information content (AvgIpc) is 2.65. The van der Waals surface area contributed by atoms with Gasteiger partial charge in [0.15, 0.2) is 5.11 Å². The summed E-state index contributed by atoms with van der Waals surface area (Å²) in [6.07, 6.45) is 0. The summed E-state index contributed by atoms with van der Waals surface area (Å²) >= 11 is 10.9. The molecule has 0 aromatic heterocycles. The molecule has 1 aromatic rings. The van der Waals surface area contributed by atoms with Crippen LogP contribution in [0.5, 0.6) is 0 Å². The van der Waals surface area contributed by atoms with Crippen LogP contribution in [0.2, 0.25) is 5.02 Å². The van der Waals surface area contributed by atoms with E-state index < -0.39 is 17.8 Å². The highest BCUT2D eigenvalue weighted by Crippen LogP contribution is 2.24. The van der Waals surface area contributed by atoms with E-state index in [0.29, 0.717) is 10.7 Å². The second kappa shape index (κ2) is 6.19. The first-order valence-corrected chi connectivity index (χ1v) is 6.85. The zero-order chi connectivity index (χ0) is 15.6. The summed E-state index contributed by atoms with van der Waals surface area (Å²) in [5, 5.41) is 0.436. The Morgan fingerprint density at radius 2 is 1.86 bits per heavy atom. The molecule has 2 rings (SSSR count). The first-order valence-electron chi connectivity index (χ1n) is 6.06. The van der Waals surface area contributed by atoms with Crippen molar-refractivity contribution >= 4 is 52.4 Å². The molecule has 6 nitrogen and oxygen atoms in total. The van der Waals surface area contributed by atoms with E-state index in [1.165, 1.54) is 0 Å². The highest BCUT2D eigenvalue weighted by atomic mass is 35.5. The number of rotatable bonds is 4. The van der Waals surface area contributed by atoms with Gasteiger partial charge in [0.2, 0.25) is 0 Å². The molecule has 21 heavy (non-hydrogen) atoms. The van der Waals surface area contributed by atoms with E-state index in [1.807, 2.05) is 0 Å². The normalized spacial score (nSPS) is 14.9. The van der Waals surface area contributed by atoms with Crippen LogP contribution in [-0.4, -0.2) is 40.9 Å². The van der Waals surface area contributed by atoms with E-state index in [1.54, 1.807) is 31.2 Å². The summed E-state index contributed by atoms with van der Waals surface area (Å²) in [6.45, 7) is 1.44. The molecule has 0 unspecified atom stereocenters. The van der Waals surface area contributed by atoms with Crippen LogP contribution in [0.4, 0.5) is 5.69 Å². The lowest BCUT2D eigenvalue weighted by Gasteiger charge is -2.17. The second-order valence-corrected chi connectivity index (χ2v) is 4.90. The van der Waals surface area contributed by atoms with E-state index in [9.17, 15) is 14.4 Å². The van der Waals surface area contributed by atoms with E-state index in [0.717, 1.165) is 9.80 Å². The van der Waals surface area contributed by atoms with Gasteiger partial charge in [-0.1, -0.05) is 11.6 Å². The molecule has 1 saturated heterocycles. The zero-order valence-electron chi connectivity index (χ0n) is 11.0. The number of amides is 2. The minimum Gasteiger partial charge on any atom is -0.465 e. The number of carbonyl (C=O) groups excluding carboxylic acids is 3. The quantitative estimate of drug-likeness (QED) is 0.475. The standard InChI is InChI=1S/C13H11ClN2O4S/c1-2-20-10(17)7-15-11(18)12(19)16(13(15)21)9-5-3-8(14)4-6-9/h3-6H,2,7H2,1H3. The molecule has 0 spiro atoms. The van der Waals surface area contributed by atoms with Crippen molar-refractivity contribution in [2.75, 3.05) is 18.1 Å². The van der Waals surface area contributed by atoms with Gasteiger partial charge in [0, 0.05) is 5.02 Å². The lowest BCUT2D eigenvalue weighted by Crippen LogP contribution is -2.37. The van der Waals surface area contributed by atoms with Crippen LogP contribution in [0.25, 0.3) is 0 Å². The van der Waals surface area contributed by atoms with Gasteiger partial charge in [-0.3, -0.25) is 19.3 Å². The topological polar surface area (TPSA) is 66.9 Å². The lowest BCUT2D eigenvalue weighted by atomic mass is 10.3. The van der Waals surface area contributed by atoms with Crippen LogP contribution in [0.15, 0.2) is 24.3 Å². The molecule has 2 amide bonds. The van der Waals surface area contributed by atoms with E-state index in [4.69, 9.17) is 28.6 Å². The number of hydrogen-bond donors (Lipinski definition) is 0. The number of esters is 1. The smallest absolute Gasteiger partial charge is 0.326 e. The third kappa shape index (κ3) is 3.03. The van der Waals surface area contributed by atoms with Crippen molar-refractivity contribution in [2.24, 2.45) is 0 Å². The summed E-state index contributed by atoms with van der Waals surface area (Å²) < 4.78 is 4.75. The Balaban J connectivity index is 2.24. The number of thiocarbonyl (C=S) groups is 1. The van der Waals surface area contributed by atoms with Crippen LogP contribution in [-0.2, 0) is 19.1 Å². The van der Waals surface area contributed by atoms with Gasteiger partial charge in [-0.15, -0.1) is 0 Å². The maximum absolute atomic E-state index is 12.0. The van der Waals surface area contributed by atoms with Gasteiger partial charge >= 0.3 is 17.8 Å². The van der Waals surface area contributed by atoms with Crippen molar-refractivity contribution < 1.29 is 19.1 Å². The number of hydrogen-bond acceptors (Lipinski definition) is 5. The Kier molecular flexibility index (Phi) is 4.54. The van der Waals surface area contributed by atoms with Crippen molar-refractivity contribution in [3.63, 3.8) is 0 Å². The predicted molar refractivity (Wildman–Crippen MR) is 79.9 cm³/mol. The maximum atomic E-state index is 12.0. The Morgan fingerprint density at radius 3 is 2.43 bits per heavy atom. The van der Waals surface area contributed by atoms with Gasteiger partial charge in [0.25, 0.3) is 0 Å². The molecular formula is C13H11ClN2O4S. The first-order chi connectivity index (χ1) is 9.95. The van der Waals surface area contributed by atoms with Gasteiger partial charge in [-0.05, 0) is 43.4 Å². The van der Waals surface area contributed by atoms with Gasteiger partial charge in [-0.2, -0.15) is 0 Å². The summed E-state index contributed by atoms with van der Waals surface area (Å²) in [5.41, 5.74) is 0.411. The molecule has 1 aromatic carbocycles. The highest BCUT2D eigenvalue weighted by molar-refractivity contribution is 7.80. The number of ether oxygens (including phenoxy) is 1. The summed E-state index contributed by atoms with van der Waals surface area (Å²) in [7, 11) is 0. The summed E-state index contributed by atoms with van der Waals surface area (Å²) in [4.78, 5) is 37.4. The van der Waals surface area contributed by atoms with Crippen LogP contribution in [0.1, 0.15) is 6.92 Å². The lowest BCUT2D eigenvalue weighted by molar-refractivity contribution is -0.147. The molecule has 1 aliphatic rings. The van der Waals surface area contributed by atoms with Gasteiger partial charge < -0.3 is 4.74 Å². The monoisotopic (exact) mass is 326 g/mol. The molecule has 1 heterocycles. The van der Waals surface area contributed by atoms with Gasteiger partial charge in [0.1, 0.15) is 6.54 Å². The Hall–Kier alpha value is -1.99. The molecule has 0 aliphatic carbocycles. The van der Waals surface area contributed by atoms with Crippen LogP contribution < -0.4 is 4.90 Å². The summed E-state index contributed by atoms with van der Waals surface area (Å²) in [5.74, 6) is -2.30. The van der Waals surface area contributed by atoms with E-state index in [2.05, 4.69) is 0 Å². The fourth-order valence-electron chi connectivity index (χ4n) is 1.80. The molecule has 1 fully saturated rings. The molecule has 8 heteroatoms. The van der Waals surface area contributed by atoms with E-state index >= 15 is 0 Å². The molecule has 0 atom stereocenters. The highest BCUT2D eigenvalue weighted by Gasteiger charge is 2.43. The molecule has 0 N–H and O–H groups in total. The first kappa shape index (κ1) is 15.4. The number of nitrogens with zero attached hydrogens (tertiary/aromatic N) is 2. The fourth-order valence-corrected chi connectivity index (χ4v) is 2.26. The van der Waals surface area contributed by atoms with Gasteiger partial charge in [0.05, 0.1) is 12.3 Å². The number of anilines is 1. The molecular weight excluding hydrogens is 316 g/mol. The molecule has 0 radical (unpaired) electrons. The third-order valence-corrected chi connectivity index (χ3v) is 3.39. The minimum absolute atomic E-state index is 0.0552. The SMILES string of the molecule is CCOC(=O)CN1C(=O)C(=O)N(c2ccc(Cl)cc2)C1=S.